The lowest BCUT2D eigenvalue weighted by Crippen LogP contribution is -2.63. The van der Waals surface area contributed by atoms with Gasteiger partial charge < -0.3 is 5.32 Å². The Labute approximate surface area is 74.9 Å². The van der Waals surface area contributed by atoms with Crippen LogP contribution in [0.2, 0.25) is 0 Å². The maximum Gasteiger partial charge on any atom is 0.0186 e. The van der Waals surface area contributed by atoms with E-state index >= 15 is 0 Å². The van der Waals surface area contributed by atoms with Gasteiger partial charge in [0.15, 0.2) is 0 Å². The third-order valence-corrected chi connectivity index (χ3v) is 4.45. The van der Waals surface area contributed by atoms with Crippen LogP contribution in [0.3, 0.4) is 0 Å². The minimum Gasteiger partial charge on any atom is -0.308 e. The van der Waals surface area contributed by atoms with E-state index in [0.29, 0.717) is 5.54 Å². The van der Waals surface area contributed by atoms with Crippen LogP contribution >= 0.6 is 0 Å². The van der Waals surface area contributed by atoms with Crippen molar-refractivity contribution in [3.05, 3.63) is 0 Å². The molecule has 12 heavy (non-hydrogen) atoms. The third kappa shape index (κ3) is 0.891. The van der Waals surface area contributed by atoms with Gasteiger partial charge in [-0.2, -0.15) is 0 Å². The summed E-state index contributed by atoms with van der Waals surface area (Å²) in [7, 11) is 0. The van der Waals surface area contributed by atoms with Gasteiger partial charge in [0.25, 0.3) is 0 Å². The van der Waals surface area contributed by atoms with Gasteiger partial charge in [-0.05, 0) is 50.4 Å². The van der Waals surface area contributed by atoms with E-state index in [1.54, 1.807) is 6.42 Å². The summed E-state index contributed by atoms with van der Waals surface area (Å²) in [5.74, 6) is 2.17. The summed E-state index contributed by atoms with van der Waals surface area (Å²) in [6.45, 7) is 2.36. The molecule has 4 aliphatic rings. The topological polar surface area (TPSA) is 12.0 Å². The van der Waals surface area contributed by atoms with E-state index in [9.17, 15) is 0 Å². The van der Waals surface area contributed by atoms with Crippen molar-refractivity contribution in [1.29, 1.82) is 0 Å². The Morgan fingerprint density at radius 2 is 1.83 bits per heavy atom. The van der Waals surface area contributed by atoms with Crippen LogP contribution in [0.4, 0.5) is 0 Å². The molecule has 3 unspecified atom stereocenters. The Bertz CT molecular complexity index is 162. The molecule has 2 saturated heterocycles. The molecule has 0 radical (unpaired) electrons. The highest BCUT2D eigenvalue weighted by Gasteiger charge is 2.49. The van der Waals surface area contributed by atoms with Gasteiger partial charge in [-0.15, -0.1) is 0 Å². The van der Waals surface area contributed by atoms with Gasteiger partial charge in [-0.1, -0.05) is 6.92 Å². The maximum atomic E-state index is 3.88. The molecule has 4 fully saturated rings. The van der Waals surface area contributed by atoms with E-state index in [-0.39, 0.29) is 0 Å². The molecule has 2 heterocycles. The molecular weight excluding hydrogens is 146 g/mol. The van der Waals surface area contributed by atoms with Crippen molar-refractivity contribution in [2.24, 2.45) is 11.8 Å². The molecule has 0 aromatic carbocycles. The predicted octanol–water partition coefficient (Wildman–Crippen LogP) is 2.32. The Kier molecular flexibility index (Phi) is 1.39. The number of rotatable bonds is 1. The quantitative estimate of drug-likeness (QED) is 0.628. The average molecular weight is 165 g/mol. The monoisotopic (exact) mass is 165 g/mol. The van der Waals surface area contributed by atoms with Crippen LogP contribution in [0.1, 0.15) is 45.4 Å². The lowest BCUT2D eigenvalue weighted by atomic mass is 9.58. The SMILES string of the molecule is CCC12CC3CC(C[C@H](C3)C1)N2. The van der Waals surface area contributed by atoms with Gasteiger partial charge in [-0.25, -0.2) is 0 Å². The van der Waals surface area contributed by atoms with Crippen molar-refractivity contribution < 1.29 is 0 Å². The fraction of sp³-hybridized carbons (Fsp3) is 1.00. The molecule has 4 atom stereocenters. The van der Waals surface area contributed by atoms with Crippen molar-refractivity contribution in [2.45, 2.75) is 57.0 Å². The van der Waals surface area contributed by atoms with Crippen LogP contribution in [0.25, 0.3) is 0 Å². The Balaban J connectivity index is 1.90. The zero-order chi connectivity index (χ0) is 8.18. The highest BCUT2D eigenvalue weighted by molar-refractivity contribution is 5.07. The molecule has 0 amide bonds. The highest BCUT2D eigenvalue weighted by atomic mass is 15.1. The molecule has 2 aliphatic carbocycles. The third-order valence-electron chi connectivity index (χ3n) is 4.45. The summed E-state index contributed by atoms with van der Waals surface area (Å²) < 4.78 is 0. The van der Waals surface area contributed by atoms with E-state index in [2.05, 4.69) is 12.2 Å². The fourth-order valence-electron chi connectivity index (χ4n) is 4.15. The fourth-order valence-corrected chi connectivity index (χ4v) is 4.15. The predicted molar refractivity (Wildman–Crippen MR) is 50.0 cm³/mol. The summed E-state index contributed by atoms with van der Waals surface area (Å²) in [6.07, 6.45) is 8.85. The molecule has 4 bridgehead atoms. The Hall–Kier alpha value is -0.0400. The summed E-state index contributed by atoms with van der Waals surface area (Å²) in [6, 6.07) is 0.899. The zero-order valence-corrected chi connectivity index (χ0v) is 7.97. The highest BCUT2D eigenvalue weighted by Crippen LogP contribution is 2.50. The molecule has 0 aromatic rings. The molecule has 1 N–H and O–H groups in total. The summed E-state index contributed by atoms with van der Waals surface area (Å²) in [5, 5.41) is 3.88. The lowest BCUT2D eigenvalue weighted by Gasteiger charge is -2.57. The second kappa shape index (κ2) is 2.25. The van der Waals surface area contributed by atoms with Gasteiger partial charge in [-0.3, -0.25) is 0 Å². The summed E-state index contributed by atoms with van der Waals surface area (Å²) >= 11 is 0. The van der Waals surface area contributed by atoms with Gasteiger partial charge in [0, 0.05) is 11.6 Å². The number of piperidine rings is 2. The first-order valence-electron chi connectivity index (χ1n) is 5.57. The first-order valence-corrected chi connectivity index (χ1v) is 5.57. The van der Waals surface area contributed by atoms with Crippen molar-refractivity contribution in [2.75, 3.05) is 0 Å². The Morgan fingerprint density at radius 1 is 1.17 bits per heavy atom. The van der Waals surface area contributed by atoms with Crippen LogP contribution in [0.15, 0.2) is 0 Å². The van der Waals surface area contributed by atoms with Crippen LogP contribution < -0.4 is 5.32 Å². The molecule has 4 rings (SSSR count). The molecule has 2 aliphatic heterocycles. The van der Waals surface area contributed by atoms with Crippen LogP contribution in [-0.4, -0.2) is 11.6 Å². The normalized spacial score (nSPS) is 56.2. The molecule has 1 nitrogen and oxygen atoms in total. The summed E-state index contributed by atoms with van der Waals surface area (Å²) in [4.78, 5) is 0. The maximum absolute atomic E-state index is 3.88. The largest absolute Gasteiger partial charge is 0.308 e. The van der Waals surface area contributed by atoms with Crippen LogP contribution in [0, 0.1) is 11.8 Å². The van der Waals surface area contributed by atoms with Crippen LogP contribution in [0.5, 0.6) is 0 Å². The van der Waals surface area contributed by atoms with E-state index in [1.165, 1.54) is 32.1 Å². The first-order chi connectivity index (χ1) is 5.80. The van der Waals surface area contributed by atoms with E-state index in [0.717, 1.165) is 17.9 Å². The molecule has 0 aromatic heterocycles. The molecule has 68 valence electrons. The van der Waals surface area contributed by atoms with Gasteiger partial charge in [0.1, 0.15) is 0 Å². The number of hydrogen-bond donors (Lipinski definition) is 1. The van der Waals surface area contributed by atoms with Crippen molar-refractivity contribution in [3.63, 3.8) is 0 Å². The van der Waals surface area contributed by atoms with E-state index in [4.69, 9.17) is 0 Å². The van der Waals surface area contributed by atoms with Gasteiger partial charge in [0.2, 0.25) is 0 Å². The molecule has 2 saturated carbocycles. The standard InChI is InChI=1S/C11H19N/c1-2-11-6-8-3-9(7-11)5-10(4-8)12-11/h8-10,12H,2-7H2,1H3/t8-,9?,10?,11?/m0/s1. The van der Waals surface area contributed by atoms with Crippen molar-refractivity contribution >= 4 is 0 Å². The van der Waals surface area contributed by atoms with E-state index < -0.39 is 0 Å². The minimum atomic E-state index is 0.592. The smallest absolute Gasteiger partial charge is 0.0186 e. The van der Waals surface area contributed by atoms with Gasteiger partial charge >= 0.3 is 0 Å². The number of hydrogen-bond acceptors (Lipinski definition) is 1. The lowest BCUT2D eigenvalue weighted by molar-refractivity contribution is -0.00432. The number of nitrogens with one attached hydrogen (secondary N) is 1. The van der Waals surface area contributed by atoms with E-state index in [1.807, 2.05) is 0 Å². The second-order valence-corrected chi connectivity index (χ2v) is 5.32. The van der Waals surface area contributed by atoms with Crippen molar-refractivity contribution in [1.82, 2.24) is 5.32 Å². The second-order valence-electron chi connectivity index (χ2n) is 5.32. The summed E-state index contributed by atoms with van der Waals surface area (Å²) in [5.41, 5.74) is 0.592. The molecule has 0 spiro atoms. The molecule has 1 heteroatoms. The van der Waals surface area contributed by atoms with Gasteiger partial charge in [0.05, 0.1) is 0 Å². The zero-order valence-electron chi connectivity index (χ0n) is 7.97. The van der Waals surface area contributed by atoms with Crippen molar-refractivity contribution in [3.8, 4) is 0 Å². The van der Waals surface area contributed by atoms with Crippen LogP contribution in [-0.2, 0) is 0 Å². The Morgan fingerprint density at radius 3 is 2.33 bits per heavy atom. The minimum absolute atomic E-state index is 0.592. The first kappa shape index (κ1) is 7.37. The molecular formula is C11H19N. The average Bonchev–Trinajstić information content (AvgIpc) is 2.02.